The van der Waals surface area contributed by atoms with Crippen LogP contribution in [0.2, 0.25) is 5.02 Å². The summed E-state index contributed by atoms with van der Waals surface area (Å²) in [6.45, 7) is 2.01. The SMILES string of the molecule is Cc1ccc(Cl)c2c[nH]nc12. The van der Waals surface area contributed by atoms with Gasteiger partial charge in [-0.15, -0.1) is 0 Å². The number of aryl methyl sites for hydroxylation is 1. The van der Waals surface area contributed by atoms with Crippen molar-refractivity contribution in [1.29, 1.82) is 0 Å². The second kappa shape index (κ2) is 2.24. The second-order valence-corrected chi connectivity index (χ2v) is 2.92. The van der Waals surface area contributed by atoms with Crippen LogP contribution in [0.4, 0.5) is 0 Å². The molecule has 0 aliphatic carbocycles. The molecular weight excluding hydrogens is 160 g/mol. The van der Waals surface area contributed by atoms with Gasteiger partial charge >= 0.3 is 0 Å². The lowest BCUT2D eigenvalue weighted by Crippen LogP contribution is -1.75. The predicted molar refractivity (Wildman–Crippen MR) is 45.8 cm³/mol. The van der Waals surface area contributed by atoms with Crippen molar-refractivity contribution in [2.75, 3.05) is 0 Å². The first-order valence-corrected chi connectivity index (χ1v) is 3.75. The highest BCUT2D eigenvalue weighted by atomic mass is 35.5. The Balaban J connectivity index is 2.96. The van der Waals surface area contributed by atoms with Crippen molar-refractivity contribution in [3.8, 4) is 0 Å². The number of nitrogens with zero attached hydrogens (tertiary/aromatic N) is 1. The zero-order valence-corrected chi connectivity index (χ0v) is 6.81. The zero-order chi connectivity index (χ0) is 7.84. The molecule has 2 nitrogen and oxygen atoms in total. The molecule has 1 aromatic heterocycles. The van der Waals surface area contributed by atoms with E-state index in [2.05, 4.69) is 10.2 Å². The topological polar surface area (TPSA) is 28.7 Å². The number of benzene rings is 1. The average Bonchev–Trinajstić information content (AvgIpc) is 2.45. The normalized spacial score (nSPS) is 10.7. The summed E-state index contributed by atoms with van der Waals surface area (Å²) in [4.78, 5) is 0. The fraction of sp³-hybridized carbons (Fsp3) is 0.125. The van der Waals surface area contributed by atoms with Gasteiger partial charge in [0.25, 0.3) is 0 Å². The molecule has 56 valence electrons. The van der Waals surface area contributed by atoms with Crippen LogP contribution >= 0.6 is 11.6 Å². The first-order valence-electron chi connectivity index (χ1n) is 3.37. The Morgan fingerprint density at radius 3 is 3.00 bits per heavy atom. The summed E-state index contributed by atoms with van der Waals surface area (Å²) in [5, 5.41) is 8.60. The molecule has 1 N–H and O–H groups in total. The standard InChI is InChI=1S/C8H7ClN2/c1-5-2-3-7(9)6-4-10-11-8(5)6/h2-4H,1H3,(H,10,11). The van der Waals surface area contributed by atoms with E-state index in [-0.39, 0.29) is 0 Å². The van der Waals surface area contributed by atoms with E-state index < -0.39 is 0 Å². The minimum Gasteiger partial charge on any atom is -0.284 e. The van der Waals surface area contributed by atoms with E-state index in [1.165, 1.54) is 0 Å². The molecule has 0 amide bonds. The summed E-state index contributed by atoms with van der Waals surface area (Å²) in [6, 6.07) is 3.85. The van der Waals surface area contributed by atoms with Gasteiger partial charge in [0.15, 0.2) is 0 Å². The molecule has 11 heavy (non-hydrogen) atoms. The molecule has 0 saturated carbocycles. The Morgan fingerprint density at radius 2 is 2.27 bits per heavy atom. The Morgan fingerprint density at radius 1 is 1.45 bits per heavy atom. The van der Waals surface area contributed by atoms with E-state index in [4.69, 9.17) is 11.6 Å². The molecule has 0 aliphatic heterocycles. The van der Waals surface area contributed by atoms with Gasteiger partial charge in [-0.1, -0.05) is 17.7 Å². The Bertz CT molecular complexity index is 356. The molecule has 0 spiro atoms. The smallest absolute Gasteiger partial charge is 0.0964 e. The molecule has 2 rings (SSSR count). The number of fused-ring (bicyclic) bond motifs is 1. The number of H-pyrrole nitrogens is 1. The monoisotopic (exact) mass is 166 g/mol. The first-order chi connectivity index (χ1) is 5.29. The molecule has 2 aromatic rings. The molecule has 1 aromatic carbocycles. The van der Waals surface area contributed by atoms with Crippen LogP contribution in [-0.4, -0.2) is 10.2 Å². The maximum atomic E-state index is 5.91. The van der Waals surface area contributed by atoms with Crippen LogP contribution in [0.25, 0.3) is 10.9 Å². The first kappa shape index (κ1) is 6.68. The molecule has 0 bridgehead atoms. The van der Waals surface area contributed by atoms with Gasteiger partial charge in [0.2, 0.25) is 0 Å². The third kappa shape index (κ3) is 0.906. The fourth-order valence-electron chi connectivity index (χ4n) is 1.14. The van der Waals surface area contributed by atoms with E-state index in [1.54, 1.807) is 0 Å². The van der Waals surface area contributed by atoms with Gasteiger partial charge in [-0.25, -0.2) is 0 Å². The summed E-state index contributed by atoms with van der Waals surface area (Å²) >= 11 is 5.91. The highest BCUT2D eigenvalue weighted by Gasteiger charge is 2.02. The fourth-order valence-corrected chi connectivity index (χ4v) is 1.35. The number of rotatable bonds is 0. The molecule has 1 heterocycles. The molecule has 0 fully saturated rings. The van der Waals surface area contributed by atoms with Crippen LogP contribution in [0, 0.1) is 6.92 Å². The lowest BCUT2D eigenvalue weighted by Gasteiger charge is -1.94. The van der Waals surface area contributed by atoms with Gasteiger partial charge in [0.1, 0.15) is 0 Å². The van der Waals surface area contributed by atoms with Gasteiger partial charge in [-0.2, -0.15) is 5.10 Å². The van der Waals surface area contributed by atoms with Crippen LogP contribution in [0.3, 0.4) is 0 Å². The largest absolute Gasteiger partial charge is 0.284 e. The van der Waals surface area contributed by atoms with Gasteiger partial charge in [0, 0.05) is 11.6 Å². The van der Waals surface area contributed by atoms with Gasteiger partial charge in [-0.05, 0) is 18.6 Å². The third-order valence-corrected chi connectivity index (χ3v) is 2.08. The molecule has 0 saturated heterocycles. The average molecular weight is 167 g/mol. The van der Waals surface area contributed by atoms with Crippen LogP contribution < -0.4 is 0 Å². The van der Waals surface area contributed by atoms with Gasteiger partial charge in [-0.3, -0.25) is 5.10 Å². The summed E-state index contributed by atoms with van der Waals surface area (Å²) in [5.41, 5.74) is 2.10. The van der Waals surface area contributed by atoms with Crippen LogP contribution in [-0.2, 0) is 0 Å². The number of aromatic amines is 1. The minimum atomic E-state index is 0.749. The maximum Gasteiger partial charge on any atom is 0.0964 e. The predicted octanol–water partition coefficient (Wildman–Crippen LogP) is 2.52. The summed E-state index contributed by atoms with van der Waals surface area (Å²) in [6.07, 6.45) is 1.81. The van der Waals surface area contributed by atoms with Gasteiger partial charge < -0.3 is 0 Å². The van der Waals surface area contributed by atoms with Crippen molar-refractivity contribution < 1.29 is 0 Å². The Hall–Kier alpha value is -1.02. The number of nitrogens with one attached hydrogen (secondary N) is 1. The lowest BCUT2D eigenvalue weighted by molar-refractivity contribution is 1.11. The number of aromatic nitrogens is 2. The molecule has 0 atom stereocenters. The van der Waals surface area contributed by atoms with Crippen LogP contribution in [0.5, 0.6) is 0 Å². The summed E-state index contributed by atoms with van der Waals surface area (Å²) in [7, 11) is 0. The number of halogens is 1. The molecular formula is C8H7ClN2. The molecule has 0 unspecified atom stereocenters. The number of hydrogen-bond acceptors (Lipinski definition) is 1. The summed E-state index contributed by atoms with van der Waals surface area (Å²) in [5.74, 6) is 0. The zero-order valence-electron chi connectivity index (χ0n) is 6.06. The molecule has 3 heteroatoms. The minimum absolute atomic E-state index is 0.749. The highest BCUT2D eigenvalue weighted by molar-refractivity contribution is 6.35. The highest BCUT2D eigenvalue weighted by Crippen LogP contribution is 2.23. The van der Waals surface area contributed by atoms with Gasteiger partial charge in [0.05, 0.1) is 10.5 Å². The van der Waals surface area contributed by atoms with Crippen LogP contribution in [0.15, 0.2) is 18.3 Å². The van der Waals surface area contributed by atoms with Crippen molar-refractivity contribution in [3.05, 3.63) is 28.9 Å². The van der Waals surface area contributed by atoms with Crippen molar-refractivity contribution >= 4 is 22.5 Å². The maximum absolute atomic E-state index is 5.91. The van der Waals surface area contributed by atoms with Crippen molar-refractivity contribution in [3.63, 3.8) is 0 Å². The van der Waals surface area contributed by atoms with E-state index >= 15 is 0 Å². The van der Waals surface area contributed by atoms with Crippen LogP contribution in [0.1, 0.15) is 5.56 Å². The second-order valence-electron chi connectivity index (χ2n) is 2.51. The van der Waals surface area contributed by atoms with E-state index in [0.29, 0.717) is 0 Å². The van der Waals surface area contributed by atoms with Crippen molar-refractivity contribution in [2.24, 2.45) is 0 Å². The van der Waals surface area contributed by atoms with Crippen molar-refractivity contribution in [1.82, 2.24) is 10.2 Å². The Labute approximate surface area is 69.2 Å². The van der Waals surface area contributed by atoms with E-state index in [0.717, 1.165) is 21.5 Å². The third-order valence-electron chi connectivity index (χ3n) is 1.75. The Kier molecular flexibility index (Phi) is 1.36. The summed E-state index contributed by atoms with van der Waals surface area (Å²) < 4.78 is 0. The van der Waals surface area contributed by atoms with E-state index in [9.17, 15) is 0 Å². The van der Waals surface area contributed by atoms with Crippen molar-refractivity contribution in [2.45, 2.75) is 6.92 Å². The quantitative estimate of drug-likeness (QED) is 0.640. The molecule has 0 radical (unpaired) electrons. The van der Waals surface area contributed by atoms with E-state index in [1.807, 2.05) is 25.3 Å². The number of hydrogen-bond donors (Lipinski definition) is 1. The lowest BCUT2D eigenvalue weighted by atomic mass is 10.2. The molecule has 0 aliphatic rings.